The van der Waals surface area contributed by atoms with Crippen LogP contribution >= 0.6 is 0 Å². The number of alkyl halides is 2. The number of nitrogens with one attached hydrogen (secondary N) is 3. The van der Waals surface area contributed by atoms with Gasteiger partial charge in [0.15, 0.2) is 0 Å². The molecule has 1 aliphatic carbocycles. The highest BCUT2D eigenvalue weighted by molar-refractivity contribution is 5.91. The van der Waals surface area contributed by atoms with Crippen LogP contribution in [0.3, 0.4) is 0 Å². The van der Waals surface area contributed by atoms with Crippen molar-refractivity contribution >= 4 is 16.9 Å². The van der Waals surface area contributed by atoms with E-state index in [4.69, 9.17) is 0 Å². The molecule has 3 heterocycles. The third-order valence-corrected chi connectivity index (χ3v) is 4.70. The first-order valence-corrected chi connectivity index (χ1v) is 7.74. The lowest BCUT2D eigenvalue weighted by Crippen LogP contribution is -2.43. The molecule has 3 atom stereocenters. The molecule has 0 spiro atoms. The van der Waals surface area contributed by atoms with Crippen molar-refractivity contribution in [2.75, 3.05) is 11.9 Å². The van der Waals surface area contributed by atoms with Crippen molar-refractivity contribution in [3.8, 4) is 0 Å². The fourth-order valence-corrected chi connectivity index (χ4v) is 3.24. The first-order valence-electron chi connectivity index (χ1n) is 7.74. The Morgan fingerprint density at radius 3 is 2.82 bits per heavy atom. The number of fused-ring (bicyclic) bond motifs is 1. The van der Waals surface area contributed by atoms with Crippen LogP contribution in [0.25, 0.3) is 11.0 Å². The molecule has 3 N–H and O–H groups in total. The molecule has 2 aliphatic rings. The SMILES string of the molecule is CC1CCC(Nc2ncnc3[nH]cc(C4CC4(F)F)c23)CN1. The molecule has 2 aromatic heterocycles. The van der Waals surface area contributed by atoms with E-state index in [1.807, 2.05) is 0 Å². The maximum Gasteiger partial charge on any atom is 0.256 e. The van der Waals surface area contributed by atoms with E-state index in [1.54, 1.807) is 6.20 Å². The molecule has 0 aromatic carbocycles. The molecule has 22 heavy (non-hydrogen) atoms. The zero-order valence-electron chi connectivity index (χ0n) is 12.4. The molecule has 5 nitrogen and oxygen atoms in total. The molecule has 1 aliphatic heterocycles. The van der Waals surface area contributed by atoms with Crippen LogP contribution in [0, 0.1) is 0 Å². The van der Waals surface area contributed by atoms with E-state index in [1.165, 1.54) is 6.33 Å². The van der Waals surface area contributed by atoms with E-state index in [-0.39, 0.29) is 12.5 Å². The van der Waals surface area contributed by atoms with E-state index in [2.05, 4.69) is 32.5 Å². The lowest BCUT2D eigenvalue weighted by molar-refractivity contribution is 0.112. The highest BCUT2D eigenvalue weighted by Crippen LogP contribution is 2.57. The Morgan fingerprint density at radius 2 is 2.14 bits per heavy atom. The number of hydrogen-bond acceptors (Lipinski definition) is 4. The Kier molecular flexibility index (Phi) is 3.07. The average molecular weight is 307 g/mol. The first-order chi connectivity index (χ1) is 10.5. The van der Waals surface area contributed by atoms with Gasteiger partial charge in [-0.2, -0.15) is 0 Å². The minimum atomic E-state index is -2.59. The largest absolute Gasteiger partial charge is 0.365 e. The van der Waals surface area contributed by atoms with Crippen LogP contribution in [0.2, 0.25) is 0 Å². The molecule has 1 saturated heterocycles. The third-order valence-electron chi connectivity index (χ3n) is 4.70. The monoisotopic (exact) mass is 307 g/mol. The number of rotatable bonds is 3. The highest BCUT2D eigenvalue weighted by Gasteiger charge is 2.58. The van der Waals surface area contributed by atoms with Gasteiger partial charge in [0.05, 0.1) is 11.3 Å². The van der Waals surface area contributed by atoms with E-state index in [0.717, 1.165) is 19.4 Å². The quantitative estimate of drug-likeness (QED) is 0.815. The van der Waals surface area contributed by atoms with Crippen molar-refractivity contribution in [1.29, 1.82) is 0 Å². The number of H-pyrrole nitrogens is 1. The standard InChI is InChI=1S/C15H19F2N5/c1-8-2-3-9(5-18-8)22-14-12-10(11-4-15(11,16)17)6-19-13(12)20-7-21-14/h6-9,11,18H,2-5H2,1H3,(H2,19,20,21,22). The fourth-order valence-electron chi connectivity index (χ4n) is 3.24. The normalized spacial score (nSPS) is 30.4. The second-order valence-corrected chi connectivity index (χ2v) is 6.44. The molecule has 3 unspecified atom stereocenters. The van der Waals surface area contributed by atoms with Crippen molar-refractivity contribution in [3.05, 3.63) is 18.1 Å². The molecule has 2 aromatic rings. The van der Waals surface area contributed by atoms with Crippen LogP contribution in [0.15, 0.2) is 12.5 Å². The Labute approximate surface area is 126 Å². The van der Waals surface area contributed by atoms with Crippen molar-refractivity contribution in [3.63, 3.8) is 0 Å². The Bertz CT molecular complexity index is 690. The Hall–Kier alpha value is -1.76. The summed E-state index contributed by atoms with van der Waals surface area (Å²) < 4.78 is 26.9. The van der Waals surface area contributed by atoms with Crippen LogP contribution < -0.4 is 10.6 Å². The maximum atomic E-state index is 13.4. The summed E-state index contributed by atoms with van der Waals surface area (Å²) >= 11 is 0. The minimum absolute atomic E-state index is 0.0865. The number of aromatic nitrogens is 3. The van der Waals surface area contributed by atoms with Crippen LogP contribution in [0.5, 0.6) is 0 Å². The molecule has 0 amide bonds. The number of anilines is 1. The summed E-state index contributed by atoms with van der Waals surface area (Å²) in [6.07, 6.45) is 5.16. The molecule has 7 heteroatoms. The number of piperidine rings is 1. The number of hydrogen-bond donors (Lipinski definition) is 3. The van der Waals surface area contributed by atoms with Crippen LogP contribution in [-0.2, 0) is 0 Å². The van der Waals surface area contributed by atoms with E-state index in [0.29, 0.717) is 28.5 Å². The van der Waals surface area contributed by atoms with Crippen molar-refractivity contribution in [1.82, 2.24) is 20.3 Å². The van der Waals surface area contributed by atoms with E-state index in [9.17, 15) is 8.78 Å². The second kappa shape index (κ2) is 4.87. The topological polar surface area (TPSA) is 65.6 Å². The van der Waals surface area contributed by atoms with Crippen molar-refractivity contribution in [2.45, 2.75) is 50.1 Å². The van der Waals surface area contributed by atoms with Gasteiger partial charge in [-0.3, -0.25) is 0 Å². The van der Waals surface area contributed by atoms with E-state index >= 15 is 0 Å². The summed E-state index contributed by atoms with van der Waals surface area (Å²) in [5.74, 6) is -2.65. The smallest absolute Gasteiger partial charge is 0.256 e. The molecular weight excluding hydrogens is 288 g/mol. The van der Waals surface area contributed by atoms with Gasteiger partial charge in [-0.25, -0.2) is 18.7 Å². The lowest BCUT2D eigenvalue weighted by Gasteiger charge is -2.28. The van der Waals surface area contributed by atoms with Gasteiger partial charge < -0.3 is 15.6 Å². The molecule has 4 rings (SSSR count). The number of nitrogens with zero attached hydrogens (tertiary/aromatic N) is 2. The lowest BCUT2D eigenvalue weighted by atomic mass is 10.0. The zero-order valence-corrected chi connectivity index (χ0v) is 12.4. The van der Waals surface area contributed by atoms with E-state index < -0.39 is 11.8 Å². The van der Waals surface area contributed by atoms with Crippen LogP contribution in [-0.4, -0.2) is 39.5 Å². The van der Waals surface area contributed by atoms with Gasteiger partial charge in [0.25, 0.3) is 5.92 Å². The molecule has 118 valence electrons. The summed E-state index contributed by atoms with van der Waals surface area (Å²) in [7, 11) is 0. The van der Waals surface area contributed by atoms with Gasteiger partial charge in [0.2, 0.25) is 0 Å². The second-order valence-electron chi connectivity index (χ2n) is 6.44. The average Bonchev–Trinajstić information content (AvgIpc) is 2.94. The predicted molar refractivity (Wildman–Crippen MR) is 80.3 cm³/mol. The summed E-state index contributed by atoms with van der Waals surface area (Å²) in [6, 6.07) is 0.785. The molecule has 2 fully saturated rings. The van der Waals surface area contributed by atoms with Gasteiger partial charge in [-0.15, -0.1) is 0 Å². The van der Waals surface area contributed by atoms with Crippen LogP contribution in [0.1, 0.15) is 37.7 Å². The summed E-state index contributed by atoms with van der Waals surface area (Å²) in [4.78, 5) is 11.4. The van der Waals surface area contributed by atoms with Gasteiger partial charge in [0.1, 0.15) is 17.8 Å². The summed E-state index contributed by atoms with van der Waals surface area (Å²) in [5, 5.41) is 7.54. The predicted octanol–water partition coefficient (Wildman–Crippen LogP) is 2.63. The molecule has 0 radical (unpaired) electrons. The van der Waals surface area contributed by atoms with Crippen molar-refractivity contribution < 1.29 is 8.78 Å². The molecule has 1 saturated carbocycles. The fraction of sp³-hybridized carbons (Fsp3) is 0.600. The van der Waals surface area contributed by atoms with Gasteiger partial charge in [0, 0.05) is 31.2 Å². The molecule has 0 bridgehead atoms. The van der Waals surface area contributed by atoms with Gasteiger partial charge in [-0.05, 0) is 25.3 Å². The third kappa shape index (κ3) is 2.33. The maximum absolute atomic E-state index is 13.4. The van der Waals surface area contributed by atoms with Gasteiger partial charge in [-0.1, -0.05) is 0 Å². The Balaban J connectivity index is 1.64. The minimum Gasteiger partial charge on any atom is -0.365 e. The Morgan fingerprint density at radius 1 is 1.32 bits per heavy atom. The number of halogens is 2. The first kappa shape index (κ1) is 13.9. The van der Waals surface area contributed by atoms with Crippen LogP contribution in [0.4, 0.5) is 14.6 Å². The number of aromatic amines is 1. The summed E-state index contributed by atoms with van der Waals surface area (Å²) in [5.41, 5.74) is 1.24. The molecular formula is C15H19F2N5. The van der Waals surface area contributed by atoms with Crippen molar-refractivity contribution in [2.24, 2.45) is 0 Å². The summed E-state index contributed by atoms with van der Waals surface area (Å²) in [6.45, 7) is 3.02. The van der Waals surface area contributed by atoms with Gasteiger partial charge >= 0.3 is 0 Å². The highest BCUT2D eigenvalue weighted by atomic mass is 19.3. The zero-order chi connectivity index (χ0) is 15.3.